The molecular formula is C14H13N3OS. The number of hydrogen-bond acceptors (Lipinski definition) is 3. The second-order valence-electron chi connectivity index (χ2n) is 4.36. The number of hydrogen-bond donors (Lipinski definition) is 2. The Bertz CT molecular complexity index is 737. The smallest absolute Gasteiger partial charge is 0.258 e. The Balaban J connectivity index is 1.94. The highest BCUT2D eigenvalue weighted by atomic mass is 32.1. The molecule has 0 aliphatic heterocycles. The van der Waals surface area contributed by atoms with Crippen LogP contribution >= 0.6 is 11.3 Å². The van der Waals surface area contributed by atoms with Crippen LogP contribution in [0.1, 0.15) is 20.9 Å². The molecule has 0 aliphatic rings. The number of nitrogens with one attached hydrogen (secondary N) is 2. The molecule has 0 spiro atoms. The standard InChI is InChI=1S/C14H13N3OS/c1-8-9(2)19-14(16-8)17-13(18)11-4-3-5-12-10(11)6-7-15-12/h3-7,15H,1-2H3,(H,16,17,18). The molecule has 0 saturated heterocycles. The molecule has 1 aromatic carbocycles. The SMILES string of the molecule is Cc1nc(NC(=O)c2cccc3[nH]ccc23)sc1C. The number of benzene rings is 1. The van der Waals surface area contributed by atoms with Gasteiger partial charge in [-0.3, -0.25) is 10.1 Å². The van der Waals surface area contributed by atoms with Gasteiger partial charge in [0.25, 0.3) is 5.91 Å². The fraction of sp³-hybridized carbons (Fsp3) is 0.143. The molecule has 2 heterocycles. The van der Waals surface area contributed by atoms with E-state index in [0.717, 1.165) is 21.5 Å². The highest BCUT2D eigenvalue weighted by molar-refractivity contribution is 7.15. The lowest BCUT2D eigenvalue weighted by molar-refractivity contribution is 0.102. The Morgan fingerprint density at radius 1 is 1.32 bits per heavy atom. The van der Waals surface area contributed by atoms with Gasteiger partial charge >= 0.3 is 0 Å². The van der Waals surface area contributed by atoms with Crippen molar-refractivity contribution in [1.29, 1.82) is 0 Å². The number of carbonyl (C=O) groups excluding carboxylic acids is 1. The van der Waals surface area contributed by atoms with Crippen LogP contribution in [0.3, 0.4) is 0 Å². The van der Waals surface area contributed by atoms with Crippen molar-refractivity contribution in [3.05, 3.63) is 46.6 Å². The summed E-state index contributed by atoms with van der Waals surface area (Å²) in [5.41, 5.74) is 2.57. The zero-order valence-corrected chi connectivity index (χ0v) is 11.5. The van der Waals surface area contributed by atoms with Crippen molar-refractivity contribution in [1.82, 2.24) is 9.97 Å². The van der Waals surface area contributed by atoms with E-state index < -0.39 is 0 Å². The summed E-state index contributed by atoms with van der Waals surface area (Å²) in [5, 5.41) is 4.42. The summed E-state index contributed by atoms with van der Waals surface area (Å²) in [6.45, 7) is 3.93. The first kappa shape index (κ1) is 11.9. The fourth-order valence-corrected chi connectivity index (χ4v) is 2.78. The third kappa shape index (κ3) is 2.13. The summed E-state index contributed by atoms with van der Waals surface area (Å²) < 4.78 is 0. The Hall–Kier alpha value is -2.14. The van der Waals surface area contributed by atoms with E-state index in [1.807, 2.05) is 44.3 Å². The number of amides is 1. The van der Waals surface area contributed by atoms with Crippen LogP contribution in [0.15, 0.2) is 30.5 Å². The van der Waals surface area contributed by atoms with Gasteiger partial charge in [-0.1, -0.05) is 6.07 Å². The van der Waals surface area contributed by atoms with E-state index in [0.29, 0.717) is 10.7 Å². The molecule has 96 valence electrons. The van der Waals surface area contributed by atoms with Crippen molar-refractivity contribution in [2.45, 2.75) is 13.8 Å². The average molecular weight is 271 g/mol. The number of anilines is 1. The Morgan fingerprint density at radius 2 is 2.16 bits per heavy atom. The molecule has 0 aliphatic carbocycles. The van der Waals surface area contributed by atoms with Crippen LogP contribution in [0.25, 0.3) is 10.9 Å². The summed E-state index contributed by atoms with van der Waals surface area (Å²) in [6.07, 6.45) is 1.83. The van der Waals surface area contributed by atoms with Gasteiger partial charge in [0.1, 0.15) is 0 Å². The maximum Gasteiger partial charge on any atom is 0.258 e. The Morgan fingerprint density at radius 3 is 2.89 bits per heavy atom. The van der Waals surface area contributed by atoms with Gasteiger partial charge in [0.2, 0.25) is 0 Å². The maximum absolute atomic E-state index is 12.3. The molecular weight excluding hydrogens is 258 g/mol. The highest BCUT2D eigenvalue weighted by Crippen LogP contribution is 2.23. The van der Waals surface area contributed by atoms with E-state index in [1.165, 1.54) is 11.3 Å². The van der Waals surface area contributed by atoms with Crippen LogP contribution < -0.4 is 5.32 Å². The van der Waals surface area contributed by atoms with Gasteiger partial charge in [-0.2, -0.15) is 0 Å². The van der Waals surface area contributed by atoms with E-state index in [4.69, 9.17) is 0 Å². The van der Waals surface area contributed by atoms with E-state index >= 15 is 0 Å². The molecule has 0 fully saturated rings. The average Bonchev–Trinajstić information content (AvgIpc) is 2.96. The second-order valence-corrected chi connectivity index (χ2v) is 5.56. The first-order valence-electron chi connectivity index (χ1n) is 5.96. The number of aromatic nitrogens is 2. The fourth-order valence-electron chi connectivity index (χ4n) is 1.97. The van der Waals surface area contributed by atoms with Gasteiger partial charge in [0.15, 0.2) is 5.13 Å². The number of aromatic amines is 1. The number of H-pyrrole nitrogens is 1. The lowest BCUT2D eigenvalue weighted by atomic mass is 10.1. The minimum atomic E-state index is -0.126. The molecule has 0 atom stereocenters. The third-order valence-electron chi connectivity index (χ3n) is 3.09. The van der Waals surface area contributed by atoms with Crippen LogP contribution in [-0.2, 0) is 0 Å². The number of rotatable bonds is 2. The number of fused-ring (bicyclic) bond motifs is 1. The van der Waals surface area contributed by atoms with Gasteiger partial charge in [-0.05, 0) is 32.0 Å². The summed E-state index contributed by atoms with van der Waals surface area (Å²) in [4.78, 5) is 20.8. The molecule has 2 N–H and O–H groups in total. The minimum Gasteiger partial charge on any atom is -0.361 e. The van der Waals surface area contributed by atoms with Crippen molar-refractivity contribution >= 4 is 33.3 Å². The van der Waals surface area contributed by atoms with E-state index in [1.54, 1.807) is 0 Å². The van der Waals surface area contributed by atoms with Gasteiger partial charge in [-0.15, -0.1) is 11.3 Å². The lowest BCUT2D eigenvalue weighted by Crippen LogP contribution is -2.11. The van der Waals surface area contributed by atoms with Crippen LogP contribution in [-0.4, -0.2) is 15.9 Å². The van der Waals surface area contributed by atoms with E-state index in [9.17, 15) is 4.79 Å². The van der Waals surface area contributed by atoms with Crippen LogP contribution in [0, 0.1) is 13.8 Å². The molecule has 3 rings (SSSR count). The monoisotopic (exact) mass is 271 g/mol. The first-order valence-corrected chi connectivity index (χ1v) is 6.78. The Kier molecular flexibility index (Phi) is 2.83. The van der Waals surface area contributed by atoms with Gasteiger partial charge in [-0.25, -0.2) is 4.98 Å². The molecule has 0 unspecified atom stereocenters. The van der Waals surface area contributed by atoms with Gasteiger partial charge < -0.3 is 4.98 Å². The molecule has 0 radical (unpaired) electrons. The maximum atomic E-state index is 12.3. The Labute approximate surface area is 114 Å². The molecule has 4 nitrogen and oxygen atoms in total. The first-order chi connectivity index (χ1) is 9.15. The van der Waals surface area contributed by atoms with Gasteiger partial charge in [0.05, 0.1) is 5.69 Å². The van der Waals surface area contributed by atoms with Crippen LogP contribution in [0.2, 0.25) is 0 Å². The third-order valence-corrected chi connectivity index (χ3v) is 4.08. The van der Waals surface area contributed by atoms with Crippen LogP contribution in [0.4, 0.5) is 5.13 Å². The van der Waals surface area contributed by atoms with Crippen molar-refractivity contribution in [3.8, 4) is 0 Å². The summed E-state index contributed by atoms with van der Waals surface area (Å²) in [7, 11) is 0. The number of carbonyl (C=O) groups is 1. The summed E-state index contributed by atoms with van der Waals surface area (Å²) >= 11 is 1.49. The zero-order valence-electron chi connectivity index (χ0n) is 10.7. The predicted molar refractivity (Wildman–Crippen MR) is 77.8 cm³/mol. The molecule has 3 aromatic rings. The number of aryl methyl sites for hydroxylation is 2. The van der Waals surface area contributed by atoms with Gasteiger partial charge in [0, 0.05) is 27.5 Å². The van der Waals surface area contributed by atoms with E-state index in [2.05, 4.69) is 15.3 Å². The van der Waals surface area contributed by atoms with E-state index in [-0.39, 0.29) is 5.91 Å². The topological polar surface area (TPSA) is 57.8 Å². The van der Waals surface area contributed by atoms with Crippen molar-refractivity contribution in [3.63, 3.8) is 0 Å². The van der Waals surface area contributed by atoms with Crippen molar-refractivity contribution in [2.24, 2.45) is 0 Å². The van der Waals surface area contributed by atoms with Crippen molar-refractivity contribution < 1.29 is 4.79 Å². The molecule has 0 saturated carbocycles. The van der Waals surface area contributed by atoms with Crippen LogP contribution in [0.5, 0.6) is 0 Å². The molecule has 19 heavy (non-hydrogen) atoms. The zero-order chi connectivity index (χ0) is 13.4. The summed E-state index contributed by atoms with van der Waals surface area (Å²) in [5.74, 6) is -0.126. The predicted octanol–water partition coefficient (Wildman–Crippen LogP) is 3.49. The molecule has 5 heteroatoms. The quantitative estimate of drug-likeness (QED) is 0.749. The number of nitrogens with zero attached hydrogens (tertiary/aromatic N) is 1. The largest absolute Gasteiger partial charge is 0.361 e. The minimum absolute atomic E-state index is 0.126. The lowest BCUT2D eigenvalue weighted by Gasteiger charge is -2.03. The number of thiazole rings is 1. The molecule has 2 aromatic heterocycles. The molecule has 0 bridgehead atoms. The summed E-state index contributed by atoms with van der Waals surface area (Å²) in [6, 6.07) is 7.54. The van der Waals surface area contributed by atoms with Crippen molar-refractivity contribution in [2.75, 3.05) is 5.32 Å². The second kappa shape index (κ2) is 4.51. The normalized spacial score (nSPS) is 10.8. The molecule has 1 amide bonds. The highest BCUT2D eigenvalue weighted by Gasteiger charge is 2.13.